The van der Waals surface area contributed by atoms with E-state index in [-0.39, 0.29) is 0 Å². The third-order valence-corrected chi connectivity index (χ3v) is 4.46. The molecule has 0 amide bonds. The van der Waals surface area contributed by atoms with Gasteiger partial charge in [-0.2, -0.15) is 0 Å². The number of benzene rings is 3. The summed E-state index contributed by atoms with van der Waals surface area (Å²) >= 11 is 5.98. The number of halogens is 1. The van der Waals surface area contributed by atoms with Crippen LogP contribution in [0.1, 0.15) is 5.69 Å². The van der Waals surface area contributed by atoms with Crippen LogP contribution in [0.3, 0.4) is 0 Å². The van der Waals surface area contributed by atoms with E-state index in [4.69, 9.17) is 11.6 Å². The van der Waals surface area contributed by atoms with Crippen molar-refractivity contribution in [2.75, 3.05) is 0 Å². The maximum absolute atomic E-state index is 5.98. The largest absolute Gasteiger partial charge is 0.316 e. The van der Waals surface area contributed by atoms with Crippen LogP contribution >= 0.6 is 11.6 Å². The second kappa shape index (κ2) is 7.42. The Bertz CT molecular complexity index is 1010. The van der Waals surface area contributed by atoms with Crippen LogP contribution in [-0.2, 0) is 0 Å². The Morgan fingerprint density at radius 3 is 2.12 bits per heavy atom. The van der Waals surface area contributed by atoms with Gasteiger partial charge in [-0.15, -0.1) is 0 Å². The molecule has 2 nitrogen and oxygen atoms in total. The lowest BCUT2D eigenvalue weighted by Gasteiger charge is -2.06. The molecule has 0 unspecified atom stereocenters. The zero-order valence-corrected chi connectivity index (χ0v) is 14.8. The normalized spacial score (nSPS) is 11.1. The van der Waals surface area contributed by atoms with Crippen LogP contribution < -0.4 is 0 Å². The summed E-state index contributed by atoms with van der Waals surface area (Å²) in [5, 5.41) is 0.731. The summed E-state index contributed by atoms with van der Waals surface area (Å²) in [5.74, 6) is 0. The van der Waals surface area contributed by atoms with Gasteiger partial charge in [-0.1, -0.05) is 54.1 Å². The van der Waals surface area contributed by atoms with Crippen molar-refractivity contribution in [1.29, 1.82) is 0 Å². The van der Waals surface area contributed by atoms with E-state index in [1.54, 1.807) is 0 Å². The Balaban J connectivity index is 1.56. The Morgan fingerprint density at radius 2 is 1.38 bits per heavy atom. The summed E-state index contributed by atoms with van der Waals surface area (Å²) in [7, 11) is 0. The third-order valence-electron chi connectivity index (χ3n) is 4.21. The van der Waals surface area contributed by atoms with Crippen LogP contribution in [0.2, 0.25) is 5.02 Å². The fourth-order valence-electron chi connectivity index (χ4n) is 2.85. The van der Waals surface area contributed by atoms with E-state index in [1.165, 1.54) is 11.1 Å². The van der Waals surface area contributed by atoms with Crippen LogP contribution in [0.5, 0.6) is 0 Å². The lowest BCUT2D eigenvalue weighted by Crippen LogP contribution is -1.97. The van der Waals surface area contributed by atoms with Crippen LogP contribution in [-0.4, -0.2) is 10.8 Å². The van der Waals surface area contributed by atoms with E-state index >= 15 is 0 Å². The Morgan fingerprint density at radius 1 is 0.692 bits per heavy atom. The number of aliphatic imine (C=N–C) groups is 1. The standard InChI is InChI=1S/C23H17ClN2/c24-20-10-14-22(15-11-20)26-16-4-7-23(26)17-25-21-12-8-19(9-13-21)18-5-2-1-3-6-18/h1-17H. The van der Waals surface area contributed by atoms with Gasteiger partial charge in [-0.05, 0) is 59.7 Å². The summed E-state index contributed by atoms with van der Waals surface area (Å²) in [6, 6.07) is 30.4. The van der Waals surface area contributed by atoms with Gasteiger partial charge in [0.05, 0.1) is 17.6 Å². The molecule has 0 aliphatic heterocycles. The molecule has 3 aromatic carbocycles. The van der Waals surface area contributed by atoms with Crippen LogP contribution in [0.15, 0.2) is 102 Å². The number of nitrogens with zero attached hydrogens (tertiary/aromatic N) is 2. The van der Waals surface area contributed by atoms with E-state index in [9.17, 15) is 0 Å². The maximum Gasteiger partial charge on any atom is 0.0639 e. The van der Waals surface area contributed by atoms with Gasteiger partial charge in [0, 0.05) is 16.9 Å². The highest BCUT2D eigenvalue weighted by Gasteiger charge is 2.01. The molecule has 0 aliphatic carbocycles. The van der Waals surface area contributed by atoms with Crippen molar-refractivity contribution in [1.82, 2.24) is 4.57 Å². The van der Waals surface area contributed by atoms with E-state index in [0.29, 0.717) is 0 Å². The lowest BCUT2D eigenvalue weighted by atomic mass is 10.1. The zero-order valence-electron chi connectivity index (χ0n) is 14.1. The monoisotopic (exact) mass is 356 g/mol. The van der Waals surface area contributed by atoms with Gasteiger partial charge in [-0.3, -0.25) is 4.99 Å². The molecule has 3 heteroatoms. The van der Waals surface area contributed by atoms with Crippen molar-refractivity contribution in [2.24, 2.45) is 4.99 Å². The Hall–Kier alpha value is -3.10. The molecule has 1 heterocycles. The molecule has 0 aliphatic rings. The first kappa shape index (κ1) is 16.4. The minimum Gasteiger partial charge on any atom is -0.316 e. The summed E-state index contributed by atoms with van der Waals surface area (Å²) in [6.07, 6.45) is 3.90. The Kier molecular flexibility index (Phi) is 4.67. The lowest BCUT2D eigenvalue weighted by molar-refractivity contribution is 1.07. The fourth-order valence-corrected chi connectivity index (χ4v) is 2.97. The van der Waals surface area contributed by atoms with Crippen molar-refractivity contribution < 1.29 is 0 Å². The average molecular weight is 357 g/mol. The minimum absolute atomic E-state index is 0.731. The van der Waals surface area contributed by atoms with E-state index in [0.717, 1.165) is 22.1 Å². The van der Waals surface area contributed by atoms with Crippen molar-refractivity contribution in [3.63, 3.8) is 0 Å². The fraction of sp³-hybridized carbons (Fsp3) is 0. The van der Waals surface area contributed by atoms with Gasteiger partial charge in [0.25, 0.3) is 0 Å². The molecule has 1 aromatic heterocycles. The van der Waals surface area contributed by atoms with Crippen molar-refractivity contribution in [2.45, 2.75) is 0 Å². The second-order valence-corrected chi connectivity index (χ2v) is 6.39. The molecular weight excluding hydrogens is 340 g/mol. The molecule has 4 aromatic rings. The minimum atomic E-state index is 0.731. The summed E-state index contributed by atoms with van der Waals surface area (Å²) < 4.78 is 2.08. The van der Waals surface area contributed by atoms with E-state index in [2.05, 4.69) is 33.8 Å². The topological polar surface area (TPSA) is 17.3 Å². The quantitative estimate of drug-likeness (QED) is 0.369. The van der Waals surface area contributed by atoms with Gasteiger partial charge in [0.2, 0.25) is 0 Å². The second-order valence-electron chi connectivity index (χ2n) is 5.95. The molecular formula is C23H17ClN2. The van der Waals surface area contributed by atoms with Crippen molar-refractivity contribution >= 4 is 23.5 Å². The summed E-state index contributed by atoms with van der Waals surface area (Å²) in [4.78, 5) is 4.62. The predicted molar refractivity (Wildman–Crippen MR) is 110 cm³/mol. The smallest absolute Gasteiger partial charge is 0.0639 e. The highest BCUT2D eigenvalue weighted by atomic mass is 35.5. The molecule has 26 heavy (non-hydrogen) atoms. The van der Waals surface area contributed by atoms with Crippen molar-refractivity contribution in [3.8, 4) is 16.8 Å². The third kappa shape index (κ3) is 3.61. The van der Waals surface area contributed by atoms with Gasteiger partial charge in [-0.25, -0.2) is 0 Å². The average Bonchev–Trinajstić information content (AvgIpc) is 3.17. The molecule has 0 N–H and O–H groups in total. The number of rotatable bonds is 4. The first-order chi connectivity index (χ1) is 12.8. The highest BCUT2D eigenvalue weighted by Crippen LogP contribution is 2.22. The van der Waals surface area contributed by atoms with Crippen molar-refractivity contribution in [3.05, 3.63) is 108 Å². The van der Waals surface area contributed by atoms with Crippen LogP contribution in [0.25, 0.3) is 16.8 Å². The molecule has 0 fully saturated rings. The zero-order chi connectivity index (χ0) is 17.8. The molecule has 0 saturated heterocycles. The van der Waals surface area contributed by atoms with E-state index in [1.807, 2.05) is 79.1 Å². The van der Waals surface area contributed by atoms with E-state index < -0.39 is 0 Å². The Labute approximate surface area is 158 Å². The summed E-state index contributed by atoms with van der Waals surface area (Å²) in [5.41, 5.74) is 5.39. The molecule has 0 saturated carbocycles. The molecule has 0 radical (unpaired) electrons. The van der Waals surface area contributed by atoms with Gasteiger partial charge in [0.1, 0.15) is 0 Å². The SMILES string of the molecule is Clc1ccc(-n2cccc2C=Nc2ccc(-c3ccccc3)cc2)cc1. The first-order valence-corrected chi connectivity index (χ1v) is 8.80. The number of aromatic nitrogens is 1. The van der Waals surface area contributed by atoms with Crippen LogP contribution in [0, 0.1) is 0 Å². The van der Waals surface area contributed by atoms with Crippen LogP contribution in [0.4, 0.5) is 5.69 Å². The van der Waals surface area contributed by atoms with Gasteiger partial charge >= 0.3 is 0 Å². The molecule has 0 atom stereocenters. The number of hydrogen-bond donors (Lipinski definition) is 0. The summed E-state index contributed by atoms with van der Waals surface area (Å²) in [6.45, 7) is 0. The highest BCUT2D eigenvalue weighted by molar-refractivity contribution is 6.30. The van der Waals surface area contributed by atoms with Gasteiger partial charge < -0.3 is 4.57 Å². The maximum atomic E-state index is 5.98. The van der Waals surface area contributed by atoms with Gasteiger partial charge in [0.15, 0.2) is 0 Å². The first-order valence-electron chi connectivity index (χ1n) is 8.42. The predicted octanol–water partition coefficient (Wildman–Crippen LogP) is 6.55. The molecule has 0 spiro atoms. The molecule has 126 valence electrons. The molecule has 4 rings (SSSR count). The number of hydrogen-bond acceptors (Lipinski definition) is 1. The molecule has 0 bridgehead atoms.